The SMILES string of the molecule is CCC(CC(=O)O)NOCCNOCc1cccc(N=C(N)N)c1. The summed E-state index contributed by atoms with van der Waals surface area (Å²) in [6.45, 7) is 3.02. The fourth-order valence-electron chi connectivity index (χ4n) is 1.82. The number of carbonyl (C=O) groups is 1. The molecule has 0 fully saturated rings. The molecule has 0 aromatic heterocycles. The first kappa shape index (κ1) is 19.8. The maximum Gasteiger partial charge on any atom is 0.305 e. The molecule has 0 aliphatic rings. The van der Waals surface area contributed by atoms with E-state index in [2.05, 4.69) is 16.0 Å². The van der Waals surface area contributed by atoms with Crippen LogP contribution in [0, 0.1) is 0 Å². The Hall–Kier alpha value is -2.20. The largest absolute Gasteiger partial charge is 0.481 e. The molecule has 1 unspecified atom stereocenters. The molecule has 24 heavy (non-hydrogen) atoms. The van der Waals surface area contributed by atoms with E-state index < -0.39 is 5.97 Å². The molecular formula is C15H25N5O4. The molecule has 0 saturated carbocycles. The smallest absolute Gasteiger partial charge is 0.305 e. The average molecular weight is 339 g/mol. The minimum Gasteiger partial charge on any atom is -0.481 e. The molecule has 0 amide bonds. The van der Waals surface area contributed by atoms with E-state index in [0.717, 1.165) is 5.56 Å². The summed E-state index contributed by atoms with van der Waals surface area (Å²) in [7, 11) is 0. The zero-order valence-electron chi connectivity index (χ0n) is 13.7. The van der Waals surface area contributed by atoms with Gasteiger partial charge in [-0.05, 0) is 24.1 Å². The van der Waals surface area contributed by atoms with Crippen molar-refractivity contribution in [3.05, 3.63) is 29.8 Å². The summed E-state index contributed by atoms with van der Waals surface area (Å²) in [4.78, 5) is 25.1. The monoisotopic (exact) mass is 339 g/mol. The van der Waals surface area contributed by atoms with Crippen LogP contribution in [0.1, 0.15) is 25.3 Å². The first-order valence-corrected chi connectivity index (χ1v) is 7.63. The van der Waals surface area contributed by atoms with Gasteiger partial charge in [0.25, 0.3) is 0 Å². The number of hydroxylamine groups is 2. The number of guanidine groups is 1. The fraction of sp³-hybridized carbons (Fsp3) is 0.467. The molecule has 0 aliphatic carbocycles. The van der Waals surface area contributed by atoms with Gasteiger partial charge in [0, 0.05) is 12.6 Å². The molecule has 0 saturated heterocycles. The number of rotatable bonds is 12. The molecule has 0 spiro atoms. The quantitative estimate of drug-likeness (QED) is 0.159. The van der Waals surface area contributed by atoms with Gasteiger partial charge < -0.3 is 21.4 Å². The van der Waals surface area contributed by atoms with E-state index >= 15 is 0 Å². The van der Waals surface area contributed by atoms with Crippen LogP contribution in [0.4, 0.5) is 5.69 Å². The minimum atomic E-state index is -0.859. The number of benzene rings is 1. The van der Waals surface area contributed by atoms with Crippen LogP contribution >= 0.6 is 0 Å². The third kappa shape index (κ3) is 9.06. The Labute approximate surface area is 140 Å². The lowest BCUT2D eigenvalue weighted by molar-refractivity contribution is -0.138. The number of aliphatic imine (C=N–C) groups is 1. The molecule has 9 heteroatoms. The van der Waals surface area contributed by atoms with Crippen molar-refractivity contribution in [3.63, 3.8) is 0 Å². The van der Waals surface area contributed by atoms with E-state index in [9.17, 15) is 4.79 Å². The van der Waals surface area contributed by atoms with Crippen molar-refractivity contribution >= 4 is 17.6 Å². The lowest BCUT2D eigenvalue weighted by atomic mass is 10.2. The van der Waals surface area contributed by atoms with E-state index in [1.165, 1.54) is 0 Å². The Balaban J connectivity index is 2.16. The fourth-order valence-corrected chi connectivity index (χ4v) is 1.82. The summed E-state index contributed by atoms with van der Waals surface area (Å²) < 4.78 is 0. The molecule has 0 aliphatic heterocycles. The number of nitrogens with two attached hydrogens (primary N) is 2. The Morgan fingerprint density at radius 2 is 2.17 bits per heavy atom. The van der Waals surface area contributed by atoms with Gasteiger partial charge in [0.2, 0.25) is 0 Å². The molecule has 1 aromatic rings. The van der Waals surface area contributed by atoms with Crippen molar-refractivity contribution in [3.8, 4) is 0 Å². The molecule has 134 valence electrons. The van der Waals surface area contributed by atoms with E-state index in [4.69, 9.17) is 26.2 Å². The second-order valence-electron chi connectivity index (χ2n) is 5.06. The molecule has 7 N–H and O–H groups in total. The van der Waals surface area contributed by atoms with Crippen LogP contribution in [0.25, 0.3) is 0 Å². The molecular weight excluding hydrogens is 314 g/mol. The zero-order valence-corrected chi connectivity index (χ0v) is 13.7. The molecule has 0 radical (unpaired) electrons. The highest BCUT2D eigenvalue weighted by Gasteiger charge is 2.10. The van der Waals surface area contributed by atoms with Crippen molar-refractivity contribution in [2.45, 2.75) is 32.4 Å². The van der Waals surface area contributed by atoms with Crippen molar-refractivity contribution < 1.29 is 19.6 Å². The predicted octanol–water partition coefficient (Wildman–Crippen LogP) is 0.387. The number of carboxylic acid groups (broad SMARTS) is 1. The number of aliphatic carboxylic acids is 1. The first-order valence-electron chi connectivity index (χ1n) is 7.63. The number of hydrogen-bond acceptors (Lipinski definition) is 6. The summed E-state index contributed by atoms with van der Waals surface area (Å²) in [6.07, 6.45) is 0.689. The lowest BCUT2D eigenvalue weighted by Crippen LogP contribution is -2.33. The third-order valence-electron chi connectivity index (χ3n) is 2.98. The highest BCUT2D eigenvalue weighted by Crippen LogP contribution is 2.14. The lowest BCUT2D eigenvalue weighted by Gasteiger charge is -2.14. The summed E-state index contributed by atoms with van der Waals surface area (Å²) in [6, 6.07) is 7.13. The highest BCUT2D eigenvalue weighted by atomic mass is 16.7. The molecule has 1 aromatic carbocycles. The van der Waals surface area contributed by atoms with E-state index in [1.807, 2.05) is 25.1 Å². The van der Waals surface area contributed by atoms with E-state index in [-0.39, 0.29) is 18.4 Å². The highest BCUT2D eigenvalue weighted by molar-refractivity contribution is 5.79. The molecule has 9 nitrogen and oxygen atoms in total. The second kappa shape index (κ2) is 11.4. The number of hydrogen-bond donors (Lipinski definition) is 5. The van der Waals surface area contributed by atoms with Gasteiger partial charge in [0.05, 0.1) is 25.3 Å². The van der Waals surface area contributed by atoms with Gasteiger partial charge in [0.15, 0.2) is 5.96 Å². The number of carboxylic acids is 1. The van der Waals surface area contributed by atoms with Crippen LogP contribution in [-0.4, -0.2) is 36.2 Å². The minimum absolute atomic E-state index is 0.00382. The van der Waals surface area contributed by atoms with Gasteiger partial charge in [-0.15, -0.1) is 0 Å². The summed E-state index contributed by atoms with van der Waals surface area (Å²) in [5.41, 5.74) is 17.7. The van der Waals surface area contributed by atoms with Crippen molar-refractivity contribution in [2.24, 2.45) is 16.5 Å². The Morgan fingerprint density at radius 1 is 1.38 bits per heavy atom. The summed E-state index contributed by atoms with van der Waals surface area (Å²) in [5.74, 6) is -0.855. The van der Waals surface area contributed by atoms with Crippen LogP contribution in [0.15, 0.2) is 29.3 Å². The number of nitrogens with zero attached hydrogens (tertiary/aromatic N) is 1. The summed E-state index contributed by atoms with van der Waals surface area (Å²) >= 11 is 0. The number of nitrogens with one attached hydrogen (secondary N) is 2. The predicted molar refractivity (Wildman–Crippen MR) is 90.1 cm³/mol. The maximum atomic E-state index is 10.6. The second-order valence-corrected chi connectivity index (χ2v) is 5.06. The van der Waals surface area contributed by atoms with Gasteiger partial charge >= 0.3 is 5.97 Å². The topological polar surface area (TPSA) is 144 Å². The van der Waals surface area contributed by atoms with Crippen LogP contribution in [0.2, 0.25) is 0 Å². The van der Waals surface area contributed by atoms with Gasteiger partial charge in [-0.1, -0.05) is 19.1 Å². The normalized spacial score (nSPS) is 11.9. The van der Waals surface area contributed by atoms with Gasteiger partial charge in [-0.3, -0.25) is 9.63 Å². The molecule has 1 rings (SSSR count). The molecule has 1 atom stereocenters. The Morgan fingerprint density at radius 3 is 2.83 bits per heavy atom. The van der Waals surface area contributed by atoms with Crippen molar-refractivity contribution in [1.82, 2.24) is 11.0 Å². The Kier molecular flexibility index (Phi) is 9.39. The molecule has 0 bridgehead atoms. The third-order valence-corrected chi connectivity index (χ3v) is 2.98. The van der Waals surface area contributed by atoms with Gasteiger partial charge in [-0.25, -0.2) is 4.99 Å². The van der Waals surface area contributed by atoms with Crippen LogP contribution in [0.5, 0.6) is 0 Å². The summed E-state index contributed by atoms with van der Waals surface area (Å²) in [5, 5.41) is 8.71. The van der Waals surface area contributed by atoms with E-state index in [1.54, 1.807) is 6.07 Å². The van der Waals surface area contributed by atoms with E-state index in [0.29, 0.717) is 31.9 Å². The zero-order chi connectivity index (χ0) is 17.8. The van der Waals surface area contributed by atoms with Crippen molar-refractivity contribution in [2.75, 3.05) is 13.2 Å². The average Bonchev–Trinajstić information content (AvgIpc) is 2.52. The van der Waals surface area contributed by atoms with Crippen molar-refractivity contribution in [1.29, 1.82) is 0 Å². The van der Waals surface area contributed by atoms with Crippen LogP contribution in [-0.2, 0) is 21.1 Å². The van der Waals surface area contributed by atoms with Crippen LogP contribution in [0.3, 0.4) is 0 Å². The Bertz CT molecular complexity index is 534. The molecule has 0 heterocycles. The maximum absolute atomic E-state index is 10.6. The van der Waals surface area contributed by atoms with Crippen LogP contribution < -0.4 is 22.4 Å². The standard InChI is InChI=1S/C15H25N5O4/c1-2-12(9-14(21)22)20-23-7-6-18-24-10-11-4-3-5-13(8-11)19-15(16)17/h3-5,8,12,18,20H,2,6-7,9-10H2,1H3,(H,21,22)(H4,16,17,19). The first-order chi connectivity index (χ1) is 11.5. The van der Waals surface area contributed by atoms with Gasteiger partial charge in [0.1, 0.15) is 0 Å². The van der Waals surface area contributed by atoms with Gasteiger partial charge in [-0.2, -0.15) is 11.0 Å².